The van der Waals surface area contributed by atoms with Crippen molar-refractivity contribution >= 4 is 23.5 Å². The molecule has 0 spiro atoms. The van der Waals surface area contributed by atoms with Gasteiger partial charge in [-0.15, -0.1) is 0 Å². The van der Waals surface area contributed by atoms with Crippen molar-refractivity contribution in [1.29, 1.82) is 0 Å². The predicted octanol–water partition coefficient (Wildman–Crippen LogP) is 3.58. The molecule has 0 aliphatic carbocycles. The summed E-state index contributed by atoms with van der Waals surface area (Å²) in [6.45, 7) is 7.80. The molecule has 0 unspecified atom stereocenters. The highest BCUT2D eigenvalue weighted by Crippen LogP contribution is 2.11. The molecule has 0 saturated carbocycles. The number of aromatic nitrogens is 2. The van der Waals surface area contributed by atoms with E-state index in [-0.39, 0.29) is 5.91 Å². The van der Waals surface area contributed by atoms with Gasteiger partial charge < -0.3 is 10.2 Å². The maximum Gasteiger partial charge on any atom is 0.272 e. The van der Waals surface area contributed by atoms with Crippen LogP contribution in [0.5, 0.6) is 0 Å². The molecule has 0 aliphatic rings. The molecule has 5 nitrogen and oxygen atoms in total. The van der Waals surface area contributed by atoms with Crippen LogP contribution in [0.4, 0.5) is 5.95 Å². The Balaban J connectivity index is 2.02. The first-order valence-electron chi connectivity index (χ1n) is 8.16. The van der Waals surface area contributed by atoms with E-state index in [1.165, 1.54) is 5.56 Å². The minimum Gasteiger partial charge on any atom is -0.354 e. The molecule has 1 heterocycles. The molecule has 0 fully saturated rings. The van der Waals surface area contributed by atoms with Gasteiger partial charge in [0.15, 0.2) is 0 Å². The number of carbonyl (C=O) groups is 1. The van der Waals surface area contributed by atoms with E-state index in [9.17, 15) is 4.79 Å². The van der Waals surface area contributed by atoms with Gasteiger partial charge >= 0.3 is 0 Å². The quantitative estimate of drug-likeness (QED) is 0.832. The fourth-order valence-corrected chi connectivity index (χ4v) is 2.53. The van der Waals surface area contributed by atoms with Crippen LogP contribution in [0.1, 0.15) is 35.6 Å². The second-order valence-electron chi connectivity index (χ2n) is 5.50. The Hall–Kier alpha value is -2.14. The van der Waals surface area contributed by atoms with Crippen molar-refractivity contribution < 1.29 is 4.79 Å². The number of aryl methyl sites for hydroxylation is 1. The molecule has 1 amide bonds. The molecule has 2 rings (SSSR count). The summed E-state index contributed by atoms with van der Waals surface area (Å²) in [5.74, 6) is 0.422. The van der Waals surface area contributed by atoms with Gasteiger partial charge in [0.1, 0.15) is 5.69 Å². The van der Waals surface area contributed by atoms with Crippen molar-refractivity contribution in [1.82, 2.24) is 14.9 Å². The van der Waals surface area contributed by atoms with Crippen LogP contribution in [-0.2, 0) is 6.42 Å². The summed E-state index contributed by atoms with van der Waals surface area (Å²) in [4.78, 5) is 22.9. The average Bonchev–Trinajstić information content (AvgIpc) is 2.57. The van der Waals surface area contributed by atoms with Crippen LogP contribution < -0.4 is 5.32 Å². The number of nitrogens with one attached hydrogen (secondary N) is 1. The zero-order valence-corrected chi connectivity index (χ0v) is 15.1. The van der Waals surface area contributed by atoms with Crippen LogP contribution >= 0.6 is 11.6 Å². The molecule has 0 bridgehead atoms. The van der Waals surface area contributed by atoms with E-state index in [0.29, 0.717) is 31.3 Å². The van der Waals surface area contributed by atoms with Crippen LogP contribution in [0.3, 0.4) is 0 Å². The maximum atomic E-state index is 12.4. The number of nitrogens with zero attached hydrogens (tertiary/aromatic N) is 3. The van der Waals surface area contributed by atoms with Gasteiger partial charge in [0, 0.05) is 30.4 Å². The zero-order chi connectivity index (χ0) is 17.5. The van der Waals surface area contributed by atoms with Crippen molar-refractivity contribution in [2.45, 2.75) is 27.2 Å². The molecular weight excluding hydrogens is 324 g/mol. The largest absolute Gasteiger partial charge is 0.354 e. The number of carbonyl (C=O) groups excluding carboxylic acids is 1. The molecule has 0 atom stereocenters. The van der Waals surface area contributed by atoms with Gasteiger partial charge in [-0.2, -0.15) is 0 Å². The molecule has 0 radical (unpaired) electrons. The summed E-state index contributed by atoms with van der Waals surface area (Å²) in [5.41, 5.74) is 2.38. The van der Waals surface area contributed by atoms with Crippen molar-refractivity contribution in [2.24, 2.45) is 0 Å². The van der Waals surface area contributed by atoms with Gasteiger partial charge in [-0.05, 0) is 51.0 Å². The lowest BCUT2D eigenvalue weighted by Crippen LogP contribution is -2.31. The summed E-state index contributed by atoms with van der Waals surface area (Å²) < 4.78 is 0. The van der Waals surface area contributed by atoms with Crippen molar-refractivity contribution in [3.05, 3.63) is 52.3 Å². The second kappa shape index (κ2) is 8.64. The van der Waals surface area contributed by atoms with Crippen molar-refractivity contribution in [2.75, 3.05) is 25.0 Å². The fourth-order valence-electron chi connectivity index (χ4n) is 2.40. The number of halogens is 1. The molecular formula is C18H23ClN4O. The lowest BCUT2D eigenvalue weighted by molar-refractivity contribution is 0.0767. The van der Waals surface area contributed by atoms with Gasteiger partial charge in [0.2, 0.25) is 5.95 Å². The Kier molecular flexibility index (Phi) is 6.55. The van der Waals surface area contributed by atoms with E-state index in [4.69, 9.17) is 11.6 Å². The molecule has 0 aliphatic heterocycles. The third-order valence-corrected chi connectivity index (χ3v) is 3.99. The molecule has 1 aromatic carbocycles. The molecule has 0 saturated heterocycles. The van der Waals surface area contributed by atoms with E-state index in [1.54, 1.807) is 11.0 Å². The summed E-state index contributed by atoms with van der Waals surface area (Å²) in [6.07, 6.45) is 0.827. The van der Waals surface area contributed by atoms with Crippen LogP contribution in [0.25, 0.3) is 0 Å². The standard InChI is InChI=1S/C18H23ClN4O/c1-4-23(5-2)17(24)16-12-13(3)21-18(22-16)20-11-10-14-6-8-15(19)9-7-14/h6-9,12H,4-5,10-11H2,1-3H3,(H,20,21,22). The van der Waals surface area contributed by atoms with E-state index in [2.05, 4.69) is 15.3 Å². The number of hydrogen-bond donors (Lipinski definition) is 1. The van der Waals surface area contributed by atoms with Gasteiger partial charge in [-0.1, -0.05) is 23.7 Å². The summed E-state index contributed by atoms with van der Waals surface area (Å²) in [6, 6.07) is 9.47. The van der Waals surface area contributed by atoms with E-state index in [1.807, 2.05) is 45.0 Å². The third kappa shape index (κ3) is 4.93. The zero-order valence-electron chi connectivity index (χ0n) is 14.3. The highest BCUT2D eigenvalue weighted by molar-refractivity contribution is 6.30. The Morgan fingerprint density at radius 3 is 2.46 bits per heavy atom. The topological polar surface area (TPSA) is 58.1 Å². The number of rotatable bonds is 7. The van der Waals surface area contributed by atoms with Gasteiger partial charge in [-0.25, -0.2) is 9.97 Å². The van der Waals surface area contributed by atoms with Gasteiger partial charge in [0.05, 0.1) is 0 Å². The molecule has 1 aromatic heterocycles. The van der Waals surface area contributed by atoms with Crippen LogP contribution in [0.15, 0.2) is 30.3 Å². The minimum atomic E-state index is -0.0637. The SMILES string of the molecule is CCN(CC)C(=O)c1cc(C)nc(NCCc2ccc(Cl)cc2)n1. The van der Waals surface area contributed by atoms with Crippen LogP contribution in [0, 0.1) is 6.92 Å². The highest BCUT2D eigenvalue weighted by atomic mass is 35.5. The van der Waals surface area contributed by atoms with Crippen LogP contribution in [-0.4, -0.2) is 40.4 Å². The molecule has 6 heteroatoms. The number of anilines is 1. The third-order valence-electron chi connectivity index (χ3n) is 3.73. The Morgan fingerprint density at radius 2 is 1.83 bits per heavy atom. The Bertz CT molecular complexity index is 684. The molecule has 24 heavy (non-hydrogen) atoms. The second-order valence-corrected chi connectivity index (χ2v) is 5.94. The summed E-state index contributed by atoms with van der Waals surface area (Å²) in [5, 5.41) is 3.92. The fraction of sp³-hybridized carbons (Fsp3) is 0.389. The number of benzene rings is 1. The Labute approximate surface area is 148 Å². The van der Waals surface area contributed by atoms with E-state index < -0.39 is 0 Å². The first kappa shape index (κ1) is 18.2. The van der Waals surface area contributed by atoms with Gasteiger partial charge in [0.25, 0.3) is 5.91 Å². The monoisotopic (exact) mass is 346 g/mol. The van der Waals surface area contributed by atoms with E-state index in [0.717, 1.165) is 17.1 Å². The number of hydrogen-bond acceptors (Lipinski definition) is 4. The lowest BCUT2D eigenvalue weighted by atomic mass is 10.1. The summed E-state index contributed by atoms with van der Waals surface area (Å²) >= 11 is 5.88. The molecule has 2 aromatic rings. The first-order chi connectivity index (χ1) is 11.5. The maximum absolute atomic E-state index is 12.4. The van der Waals surface area contributed by atoms with Crippen molar-refractivity contribution in [3.63, 3.8) is 0 Å². The van der Waals surface area contributed by atoms with E-state index >= 15 is 0 Å². The lowest BCUT2D eigenvalue weighted by Gasteiger charge is -2.18. The highest BCUT2D eigenvalue weighted by Gasteiger charge is 2.15. The average molecular weight is 347 g/mol. The normalized spacial score (nSPS) is 10.5. The number of amides is 1. The van der Waals surface area contributed by atoms with Crippen LogP contribution in [0.2, 0.25) is 5.02 Å². The summed E-state index contributed by atoms with van der Waals surface area (Å²) in [7, 11) is 0. The van der Waals surface area contributed by atoms with Gasteiger partial charge in [-0.3, -0.25) is 4.79 Å². The van der Waals surface area contributed by atoms with Crippen molar-refractivity contribution in [3.8, 4) is 0 Å². The smallest absolute Gasteiger partial charge is 0.272 e. The Morgan fingerprint density at radius 1 is 1.17 bits per heavy atom. The minimum absolute atomic E-state index is 0.0637. The first-order valence-corrected chi connectivity index (χ1v) is 8.54. The predicted molar refractivity (Wildman–Crippen MR) is 97.7 cm³/mol. The molecule has 128 valence electrons. The molecule has 1 N–H and O–H groups in total.